The van der Waals surface area contributed by atoms with E-state index in [-0.39, 0.29) is 18.2 Å². The Hall–Kier alpha value is -1.24. The SMILES string of the molecule is CC1CCN(C(CNC(=O)CC2Sc3ccc(Cl)cc3NC2=O)C(C)C)CC1. The largest absolute Gasteiger partial charge is 0.354 e. The summed E-state index contributed by atoms with van der Waals surface area (Å²) >= 11 is 7.41. The van der Waals surface area contributed by atoms with Crippen LogP contribution in [0.5, 0.6) is 0 Å². The highest BCUT2D eigenvalue weighted by molar-refractivity contribution is 8.01. The van der Waals surface area contributed by atoms with Gasteiger partial charge in [-0.3, -0.25) is 14.5 Å². The van der Waals surface area contributed by atoms with Crippen LogP contribution in [0.25, 0.3) is 0 Å². The molecule has 1 aromatic rings. The van der Waals surface area contributed by atoms with Crippen LogP contribution >= 0.6 is 23.4 Å². The molecule has 7 heteroatoms. The second-order valence-corrected chi connectivity index (χ2v) is 9.96. The molecule has 3 rings (SSSR count). The van der Waals surface area contributed by atoms with E-state index < -0.39 is 5.25 Å². The lowest BCUT2D eigenvalue weighted by molar-refractivity contribution is -0.124. The zero-order valence-corrected chi connectivity index (χ0v) is 18.4. The second kappa shape index (κ2) is 9.51. The molecule has 2 unspecified atom stereocenters. The Kier molecular flexibility index (Phi) is 7.29. The standard InChI is InChI=1S/C21H30ClN3O2S/c1-13(2)17(25-8-6-14(3)7-9-25)12-23-20(26)11-19-21(27)24-16-10-15(22)4-5-18(16)28-19/h4-5,10,13-14,17,19H,6-9,11-12H2,1-3H3,(H,23,26)(H,24,27). The van der Waals surface area contributed by atoms with Crippen LogP contribution < -0.4 is 10.6 Å². The van der Waals surface area contributed by atoms with Crippen molar-refractivity contribution in [3.05, 3.63) is 23.2 Å². The Labute approximate surface area is 177 Å². The molecule has 1 aromatic carbocycles. The summed E-state index contributed by atoms with van der Waals surface area (Å²) in [6.07, 6.45) is 2.62. The van der Waals surface area contributed by atoms with Crippen molar-refractivity contribution < 1.29 is 9.59 Å². The van der Waals surface area contributed by atoms with E-state index in [1.165, 1.54) is 24.6 Å². The fraction of sp³-hybridized carbons (Fsp3) is 0.619. The average molecular weight is 424 g/mol. The van der Waals surface area contributed by atoms with Gasteiger partial charge in [0.25, 0.3) is 0 Å². The summed E-state index contributed by atoms with van der Waals surface area (Å²) in [7, 11) is 0. The van der Waals surface area contributed by atoms with Gasteiger partial charge in [0, 0.05) is 28.9 Å². The summed E-state index contributed by atoms with van der Waals surface area (Å²) in [6.45, 7) is 9.56. The Balaban J connectivity index is 1.53. The average Bonchev–Trinajstić information content (AvgIpc) is 2.64. The predicted molar refractivity (Wildman–Crippen MR) is 116 cm³/mol. The van der Waals surface area contributed by atoms with E-state index >= 15 is 0 Å². The van der Waals surface area contributed by atoms with Gasteiger partial charge < -0.3 is 10.6 Å². The van der Waals surface area contributed by atoms with Crippen LogP contribution in [-0.4, -0.2) is 47.6 Å². The zero-order valence-electron chi connectivity index (χ0n) is 16.8. The molecule has 28 heavy (non-hydrogen) atoms. The van der Waals surface area contributed by atoms with Crippen molar-refractivity contribution in [2.75, 3.05) is 25.0 Å². The normalized spacial score (nSPS) is 21.9. The number of nitrogens with one attached hydrogen (secondary N) is 2. The molecule has 2 heterocycles. The third kappa shape index (κ3) is 5.43. The molecule has 1 saturated heterocycles. The van der Waals surface area contributed by atoms with Gasteiger partial charge in [0.15, 0.2) is 0 Å². The lowest BCUT2D eigenvalue weighted by Gasteiger charge is -2.39. The maximum Gasteiger partial charge on any atom is 0.238 e. The Bertz CT molecular complexity index is 720. The Morgan fingerprint density at radius 1 is 1.36 bits per heavy atom. The molecule has 0 aliphatic carbocycles. The maximum absolute atomic E-state index is 12.5. The van der Waals surface area contributed by atoms with Crippen LogP contribution in [0.2, 0.25) is 5.02 Å². The van der Waals surface area contributed by atoms with E-state index in [1.54, 1.807) is 12.1 Å². The van der Waals surface area contributed by atoms with Gasteiger partial charge in [-0.25, -0.2) is 0 Å². The molecule has 0 saturated carbocycles. The van der Waals surface area contributed by atoms with Crippen LogP contribution in [0.1, 0.15) is 40.0 Å². The number of anilines is 1. The number of benzene rings is 1. The first-order valence-electron chi connectivity index (χ1n) is 10.1. The van der Waals surface area contributed by atoms with Crippen molar-refractivity contribution >= 4 is 40.9 Å². The predicted octanol–water partition coefficient (Wildman–Crippen LogP) is 4.02. The van der Waals surface area contributed by atoms with Crippen LogP contribution in [-0.2, 0) is 9.59 Å². The summed E-state index contributed by atoms with van der Waals surface area (Å²) in [5.41, 5.74) is 0.721. The van der Waals surface area contributed by atoms with E-state index in [0.29, 0.717) is 23.5 Å². The molecule has 0 aromatic heterocycles. The first kappa shape index (κ1) is 21.5. The quantitative estimate of drug-likeness (QED) is 0.725. The van der Waals surface area contributed by atoms with Crippen LogP contribution in [0.4, 0.5) is 5.69 Å². The summed E-state index contributed by atoms with van der Waals surface area (Å²) < 4.78 is 0. The molecule has 2 aliphatic heterocycles. The number of hydrogen-bond acceptors (Lipinski definition) is 4. The van der Waals surface area contributed by atoms with Gasteiger partial charge in [-0.15, -0.1) is 11.8 Å². The van der Waals surface area contributed by atoms with E-state index in [0.717, 1.165) is 29.6 Å². The number of hydrogen-bond donors (Lipinski definition) is 2. The second-order valence-electron chi connectivity index (χ2n) is 8.27. The summed E-state index contributed by atoms with van der Waals surface area (Å²) in [4.78, 5) is 28.4. The summed E-state index contributed by atoms with van der Waals surface area (Å²) in [5, 5.41) is 6.11. The number of nitrogens with zero attached hydrogens (tertiary/aromatic N) is 1. The van der Waals surface area contributed by atoms with Gasteiger partial charge in [0.1, 0.15) is 0 Å². The van der Waals surface area contributed by atoms with E-state index in [1.807, 2.05) is 6.07 Å². The number of thioether (sulfide) groups is 1. The number of carbonyl (C=O) groups is 2. The number of rotatable bonds is 6. The minimum atomic E-state index is -0.415. The molecular weight excluding hydrogens is 394 g/mol. The molecule has 0 spiro atoms. The number of piperidine rings is 1. The van der Waals surface area contributed by atoms with Crippen molar-refractivity contribution in [2.24, 2.45) is 11.8 Å². The first-order chi connectivity index (χ1) is 13.3. The third-order valence-electron chi connectivity index (χ3n) is 5.70. The zero-order chi connectivity index (χ0) is 20.3. The fourth-order valence-electron chi connectivity index (χ4n) is 3.86. The maximum atomic E-state index is 12.5. The van der Waals surface area contributed by atoms with Crippen molar-refractivity contribution in [2.45, 2.75) is 56.2 Å². The molecule has 2 aliphatic rings. The lowest BCUT2D eigenvalue weighted by atomic mass is 9.94. The molecule has 5 nitrogen and oxygen atoms in total. The van der Waals surface area contributed by atoms with Crippen molar-refractivity contribution in [3.8, 4) is 0 Å². The highest BCUT2D eigenvalue weighted by Gasteiger charge is 2.30. The molecule has 0 radical (unpaired) electrons. The number of amides is 2. The molecule has 154 valence electrons. The molecule has 2 N–H and O–H groups in total. The Morgan fingerprint density at radius 3 is 2.75 bits per heavy atom. The fourth-order valence-corrected chi connectivity index (χ4v) is 5.13. The van der Waals surface area contributed by atoms with Gasteiger partial charge >= 0.3 is 0 Å². The van der Waals surface area contributed by atoms with E-state index in [2.05, 4.69) is 36.3 Å². The van der Waals surface area contributed by atoms with Gasteiger partial charge in [0.2, 0.25) is 11.8 Å². The smallest absolute Gasteiger partial charge is 0.238 e. The number of carbonyl (C=O) groups excluding carboxylic acids is 2. The monoisotopic (exact) mass is 423 g/mol. The van der Waals surface area contributed by atoms with E-state index in [4.69, 9.17) is 11.6 Å². The number of fused-ring (bicyclic) bond motifs is 1. The van der Waals surface area contributed by atoms with Gasteiger partial charge in [-0.05, 0) is 56.0 Å². The van der Waals surface area contributed by atoms with Crippen molar-refractivity contribution in [1.82, 2.24) is 10.2 Å². The lowest BCUT2D eigenvalue weighted by Crippen LogP contribution is -2.50. The van der Waals surface area contributed by atoms with Crippen molar-refractivity contribution in [3.63, 3.8) is 0 Å². The minimum Gasteiger partial charge on any atom is -0.354 e. The Morgan fingerprint density at radius 2 is 2.07 bits per heavy atom. The summed E-state index contributed by atoms with van der Waals surface area (Å²) in [5.74, 6) is 1.05. The van der Waals surface area contributed by atoms with Crippen molar-refractivity contribution in [1.29, 1.82) is 0 Å². The van der Waals surface area contributed by atoms with Crippen LogP contribution in [0.3, 0.4) is 0 Å². The first-order valence-corrected chi connectivity index (χ1v) is 11.4. The molecule has 1 fully saturated rings. The highest BCUT2D eigenvalue weighted by Crippen LogP contribution is 2.38. The van der Waals surface area contributed by atoms with Gasteiger partial charge in [0.05, 0.1) is 10.9 Å². The van der Waals surface area contributed by atoms with Gasteiger partial charge in [-0.1, -0.05) is 32.4 Å². The highest BCUT2D eigenvalue weighted by atomic mass is 35.5. The third-order valence-corrected chi connectivity index (χ3v) is 7.21. The van der Waals surface area contributed by atoms with Gasteiger partial charge in [-0.2, -0.15) is 0 Å². The molecule has 0 bridgehead atoms. The summed E-state index contributed by atoms with van der Waals surface area (Å²) in [6, 6.07) is 5.77. The molecule has 2 atom stereocenters. The molecular formula is C21H30ClN3O2S. The number of likely N-dealkylation sites (tertiary alicyclic amines) is 1. The molecule has 2 amide bonds. The number of halogens is 1. The van der Waals surface area contributed by atoms with Crippen LogP contribution in [0.15, 0.2) is 23.1 Å². The topological polar surface area (TPSA) is 61.4 Å². The minimum absolute atomic E-state index is 0.0684. The van der Waals surface area contributed by atoms with E-state index in [9.17, 15) is 9.59 Å². The van der Waals surface area contributed by atoms with Crippen LogP contribution in [0, 0.1) is 11.8 Å².